The molecule has 0 saturated carbocycles. The van der Waals surface area contributed by atoms with Crippen molar-refractivity contribution in [2.45, 2.75) is 44.2 Å². The van der Waals surface area contributed by atoms with Crippen LogP contribution in [0.2, 0.25) is 0 Å². The number of hydrogen-bond acceptors (Lipinski definition) is 5. The number of nitrogen functional groups attached to an aromatic ring is 1. The summed E-state index contributed by atoms with van der Waals surface area (Å²) in [6.07, 6.45) is 0. The third-order valence-corrected chi connectivity index (χ3v) is 6.11. The number of ether oxygens (including phenoxy) is 1. The van der Waals surface area contributed by atoms with Gasteiger partial charge in [-0.15, -0.1) is 10.2 Å². The highest BCUT2D eigenvalue weighted by Gasteiger charge is 2.14. The Hall–Kier alpha value is -2.99. The minimum absolute atomic E-state index is 0.279. The average Bonchev–Trinajstić information content (AvgIpc) is 3.10. The van der Waals surface area contributed by atoms with Crippen molar-refractivity contribution in [3.63, 3.8) is 0 Å². The van der Waals surface area contributed by atoms with E-state index < -0.39 is 0 Å². The van der Waals surface area contributed by atoms with Crippen LogP contribution >= 0.6 is 11.8 Å². The molecule has 0 saturated heterocycles. The molecular weight excluding hydrogens is 392 g/mol. The molecule has 1 aromatic heterocycles. The summed E-state index contributed by atoms with van der Waals surface area (Å²) in [7, 11) is 0. The molecule has 30 heavy (non-hydrogen) atoms. The number of aryl methyl sites for hydroxylation is 1. The third-order valence-electron chi connectivity index (χ3n) is 5.12. The normalized spacial score (nSPS) is 11.3. The number of fused-ring (bicyclic) bond motifs is 1. The van der Waals surface area contributed by atoms with Gasteiger partial charge in [0, 0.05) is 5.75 Å². The van der Waals surface area contributed by atoms with Crippen LogP contribution in [0.15, 0.2) is 65.8 Å². The van der Waals surface area contributed by atoms with Crippen molar-refractivity contribution in [3.05, 3.63) is 83.2 Å². The summed E-state index contributed by atoms with van der Waals surface area (Å²) >= 11 is 1.58. The second-order valence-corrected chi connectivity index (χ2v) is 8.62. The smallest absolute Gasteiger partial charge is 0.210 e. The van der Waals surface area contributed by atoms with Crippen molar-refractivity contribution in [1.29, 1.82) is 0 Å². The predicted octanol–water partition coefficient (Wildman–Crippen LogP) is 5.45. The second-order valence-electron chi connectivity index (χ2n) is 7.68. The zero-order chi connectivity index (χ0) is 21.1. The molecule has 0 radical (unpaired) electrons. The van der Waals surface area contributed by atoms with E-state index in [1.807, 2.05) is 0 Å². The van der Waals surface area contributed by atoms with Crippen LogP contribution in [0.25, 0.3) is 10.8 Å². The Morgan fingerprint density at radius 1 is 1.03 bits per heavy atom. The van der Waals surface area contributed by atoms with Crippen molar-refractivity contribution >= 4 is 22.5 Å². The minimum Gasteiger partial charge on any atom is -0.485 e. The van der Waals surface area contributed by atoms with Gasteiger partial charge in [-0.1, -0.05) is 80.2 Å². The Labute approximate surface area is 181 Å². The largest absolute Gasteiger partial charge is 0.485 e. The monoisotopic (exact) mass is 418 g/mol. The maximum absolute atomic E-state index is 6.26. The molecule has 2 N–H and O–H groups in total. The van der Waals surface area contributed by atoms with E-state index in [0.29, 0.717) is 16.9 Å². The second kappa shape index (κ2) is 8.79. The van der Waals surface area contributed by atoms with Gasteiger partial charge in [0.2, 0.25) is 5.16 Å². The molecule has 4 aromatic rings. The van der Waals surface area contributed by atoms with Gasteiger partial charge in [0.1, 0.15) is 12.4 Å². The molecule has 1 heterocycles. The summed E-state index contributed by atoms with van der Waals surface area (Å²) in [5.74, 6) is 8.89. The fourth-order valence-corrected chi connectivity index (χ4v) is 4.33. The summed E-state index contributed by atoms with van der Waals surface area (Å²) in [6.45, 7) is 6.65. The average molecular weight is 419 g/mol. The summed E-state index contributed by atoms with van der Waals surface area (Å²) < 4.78 is 7.60. The SMILES string of the molecule is Cc1ccc(C(C)C)c(OCc2nnc(SCc3cccc4ccccc34)n2N)c1. The lowest BCUT2D eigenvalue weighted by Crippen LogP contribution is -2.16. The quantitative estimate of drug-likeness (QED) is 0.319. The molecule has 6 heteroatoms. The van der Waals surface area contributed by atoms with Gasteiger partial charge in [0.05, 0.1) is 0 Å². The van der Waals surface area contributed by atoms with Crippen molar-refractivity contribution in [2.24, 2.45) is 0 Å². The molecule has 154 valence electrons. The standard InChI is InChI=1S/C24H26N4OS/c1-16(2)20-12-11-17(3)13-22(20)29-14-23-26-27-24(28(23)25)30-15-19-9-6-8-18-7-4-5-10-21(18)19/h4-13,16H,14-15,25H2,1-3H3. The lowest BCUT2D eigenvalue weighted by atomic mass is 10.0. The zero-order valence-corrected chi connectivity index (χ0v) is 18.3. The number of nitrogens with zero attached hydrogens (tertiary/aromatic N) is 3. The first-order valence-corrected chi connectivity index (χ1v) is 11.0. The molecule has 0 aliphatic carbocycles. The first kappa shape index (κ1) is 20.3. The Morgan fingerprint density at radius 2 is 1.83 bits per heavy atom. The van der Waals surface area contributed by atoms with Crippen LogP contribution in [0.3, 0.4) is 0 Å². The highest BCUT2D eigenvalue weighted by atomic mass is 32.2. The van der Waals surface area contributed by atoms with E-state index in [-0.39, 0.29) is 6.61 Å². The van der Waals surface area contributed by atoms with Gasteiger partial charge in [-0.2, -0.15) is 0 Å². The number of hydrogen-bond donors (Lipinski definition) is 1. The fourth-order valence-electron chi connectivity index (χ4n) is 3.45. The highest BCUT2D eigenvalue weighted by Crippen LogP contribution is 2.29. The number of nitrogens with two attached hydrogens (primary N) is 1. The number of thioether (sulfide) groups is 1. The van der Waals surface area contributed by atoms with Crippen molar-refractivity contribution in [3.8, 4) is 5.75 Å². The number of aromatic nitrogens is 3. The summed E-state index contributed by atoms with van der Waals surface area (Å²) in [5.41, 5.74) is 3.59. The first-order chi connectivity index (χ1) is 14.5. The molecule has 5 nitrogen and oxygen atoms in total. The molecule has 0 atom stereocenters. The van der Waals surface area contributed by atoms with Gasteiger partial charge < -0.3 is 10.6 Å². The van der Waals surface area contributed by atoms with Crippen LogP contribution in [0, 0.1) is 6.92 Å². The Balaban J connectivity index is 1.46. The molecule has 0 aliphatic heterocycles. The summed E-state index contributed by atoms with van der Waals surface area (Å²) in [4.78, 5) is 0. The molecule has 0 bridgehead atoms. The van der Waals surface area contributed by atoms with Crippen LogP contribution < -0.4 is 10.6 Å². The lowest BCUT2D eigenvalue weighted by Gasteiger charge is -2.14. The van der Waals surface area contributed by atoms with E-state index in [9.17, 15) is 0 Å². The predicted molar refractivity (Wildman–Crippen MR) is 123 cm³/mol. The Bertz CT molecular complexity index is 1160. The van der Waals surface area contributed by atoms with E-state index >= 15 is 0 Å². The van der Waals surface area contributed by atoms with Gasteiger partial charge in [0.15, 0.2) is 5.82 Å². The molecular formula is C24H26N4OS. The van der Waals surface area contributed by atoms with Gasteiger partial charge in [0.25, 0.3) is 0 Å². The Kier molecular flexibility index (Phi) is 5.95. The lowest BCUT2D eigenvalue weighted by molar-refractivity contribution is 0.287. The topological polar surface area (TPSA) is 66.0 Å². The van der Waals surface area contributed by atoms with E-state index in [1.165, 1.54) is 26.6 Å². The van der Waals surface area contributed by atoms with E-state index in [0.717, 1.165) is 17.1 Å². The first-order valence-electron chi connectivity index (χ1n) is 10.0. The van der Waals surface area contributed by atoms with Gasteiger partial charge >= 0.3 is 0 Å². The van der Waals surface area contributed by atoms with Crippen LogP contribution in [-0.4, -0.2) is 14.9 Å². The zero-order valence-electron chi connectivity index (χ0n) is 17.5. The molecule has 4 rings (SSSR count). The Morgan fingerprint density at radius 3 is 2.67 bits per heavy atom. The van der Waals surface area contributed by atoms with Crippen molar-refractivity contribution in [2.75, 3.05) is 5.84 Å². The number of benzene rings is 3. The van der Waals surface area contributed by atoms with Gasteiger partial charge in [-0.05, 0) is 46.4 Å². The van der Waals surface area contributed by atoms with Crippen LogP contribution in [0.1, 0.15) is 42.3 Å². The van der Waals surface area contributed by atoms with E-state index in [1.54, 1.807) is 11.8 Å². The van der Waals surface area contributed by atoms with Gasteiger partial charge in [-0.25, -0.2) is 4.68 Å². The van der Waals surface area contributed by atoms with E-state index in [4.69, 9.17) is 10.6 Å². The van der Waals surface area contributed by atoms with E-state index in [2.05, 4.69) is 91.6 Å². The molecule has 3 aromatic carbocycles. The third kappa shape index (κ3) is 4.28. The van der Waals surface area contributed by atoms with Crippen LogP contribution in [0.5, 0.6) is 5.75 Å². The van der Waals surface area contributed by atoms with Crippen LogP contribution in [-0.2, 0) is 12.4 Å². The fraction of sp³-hybridized carbons (Fsp3) is 0.250. The highest BCUT2D eigenvalue weighted by molar-refractivity contribution is 7.98. The maximum Gasteiger partial charge on any atom is 0.210 e. The summed E-state index contributed by atoms with van der Waals surface area (Å²) in [6, 6.07) is 21.0. The number of rotatable bonds is 7. The molecule has 0 aliphatic rings. The summed E-state index contributed by atoms with van der Waals surface area (Å²) in [5, 5.41) is 11.7. The maximum atomic E-state index is 6.26. The van der Waals surface area contributed by atoms with Crippen LogP contribution in [0.4, 0.5) is 0 Å². The minimum atomic E-state index is 0.279. The van der Waals surface area contributed by atoms with Gasteiger partial charge in [-0.3, -0.25) is 0 Å². The van der Waals surface area contributed by atoms with Crippen molar-refractivity contribution < 1.29 is 4.74 Å². The molecule has 0 unspecified atom stereocenters. The van der Waals surface area contributed by atoms with Crippen molar-refractivity contribution in [1.82, 2.24) is 14.9 Å². The molecule has 0 spiro atoms. The molecule has 0 fully saturated rings. The molecule has 0 amide bonds.